The number of carbonyl (C=O) groups is 2. The van der Waals surface area contributed by atoms with Crippen LogP contribution in [0.25, 0.3) is 0 Å². The van der Waals surface area contributed by atoms with Crippen LogP contribution in [0.1, 0.15) is 6.42 Å². The first kappa shape index (κ1) is 55.5. The number of carbonyl (C=O) groups excluding carboxylic acids is 2. The van der Waals surface area contributed by atoms with Crippen LogP contribution in [0.4, 0.5) is 149 Å². The first-order chi connectivity index (χ1) is 24.9. The van der Waals surface area contributed by atoms with Crippen LogP contribution in [0.2, 0.25) is 0 Å². The molecule has 0 radical (unpaired) electrons. The summed E-state index contributed by atoms with van der Waals surface area (Å²) in [6.45, 7) is 0. The van der Waals surface area contributed by atoms with Crippen LogP contribution in [-0.4, -0.2) is 119 Å². The maximum atomic E-state index is 13.7. The summed E-state index contributed by atoms with van der Waals surface area (Å²) < 4.78 is 452. The van der Waals surface area contributed by atoms with Gasteiger partial charge in [0.2, 0.25) is 0 Å². The molecule has 1 atom stereocenters. The zero-order valence-corrected chi connectivity index (χ0v) is 25.2. The quantitative estimate of drug-likeness (QED) is 0.116. The molecule has 0 amide bonds. The number of halogens is 34. The minimum Gasteiger partial charge on any atom is -0.396 e. The van der Waals surface area contributed by atoms with E-state index < -0.39 is 120 Å². The minimum absolute atomic E-state index is 1.78. The maximum Gasteiger partial charge on any atom is 0.473 e. The fourth-order valence-electron chi connectivity index (χ4n) is 3.05. The summed E-state index contributed by atoms with van der Waals surface area (Å²) in [4.78, 5) is 22.5. The lowest BCUT2D eigenvalue weighted by Gasteiger charge is -2.42. The standard InChI is InChI=1S/C20H4F34O5/c21-5(22,9(29,30)13(37,38)17(45,46)47)7(25,26)11(33,34)15(41,42)19(51,52)58-3(56)1-2(55)4(57)59-20(53,54)16(43,44)12(35,36)8(27,28)6(23,24)10(31,32)14(39,40)18(48,49)50/h2,55H,1H2. The molecule has 0 fully saturated rings. The molecule has 1 unspecified atom stereocenters. The average molecular weight is 970 g/mol. The highest BCUT2D eigenvalue weighted by Crippen LogP contribution is 2.66. The van der Waals surface area contributed by atoms with Crippen LogP contribution in [0, 0.1) is 0 Å². The molecule has 0 aliphatic rings. The van der Waals surface area contributed by atoms with Crippen LogP contribution in [0.5, 0.6) is 0 Å². The van der Waals surface area contributed by atoms with Crippen LogP contribution in [-0.2, 0) is 19.1 Å². The predicted molar refractivity (Wildman–Crippen MR) is 104 cm³/mol. The van der Waals surface area contributed by atoms with E-state index in [9.17, 15) is 159 Å². The fraction of sp³-hybridized carbons (Fsp3) is 0.900. The van der Waals surface area contributed by atoms with Crippen molar-refractivity contribution in [2.24, 2.45) is 0 Å². The van der Waals surface area contributed by atoms with E-state index in [-0.39, 0.29) is 0 Å². The van der Waals surface area contributed by atoms with Crippen molar-refractivity contribution < 1.29 is 173 Å². The summed E-state index contributed by atoms with van der Waals surface area (Å²) >= 11 is 0. The van der Waals surface area contributed by atoms with Crippen LogP contribution < -0.4 is 0 Å². The van der Waals surface area contributed by atoms with E-state index in [1.54, 1.807) is 4.74 Å². The lowest BCUT2D eigenvalue weighted by atomic mass is 9.90. The van der Waals surface area contributed by atoms with Crippen molar-refractivity contribution in [1.29, 1.82) is 0 Å². The van der Waals surface area contributed by atoms with Crippen LogP contribution in [0.3, 0.4) is 0 Å². The summed E-state index contributed by atoms with van der Waals surface area (Å²) in [5, 5.41) is 8.96. The summed E-state index contributed by atoms with van der Waals surface area (Å²) in [5.41, 5.74) is 0. The monoisotopic (exact) mass is 970 g/mol. The maximum absolute atomic E-state index is 13.7. The van der Waals surface area contributed by atoms with Crippen molar-refractivity contribution in [1.82, 2.24) is 0 Å². The second-order valence-corrected chi connectivity index (χ2v) is 10.5. The molecular formula is C20H4F34O5. The fourth-order valence-corrected chi connectivity index (χ4v) is 3.05. The van der Waals surface area contributed by atoms with E-state index in [2.05, 4.69) is 0 Å². The van der Waals surface area contributed by atoms with Crippen molar-refractivity contribution in [2.75, 3.05) is 0 Å². The van der Waals surface area contributed by atoms with Gasteiger partial charge < -0.3 is 14.6 Å². The van der Waals surface area contributed by atoms with Crippen molar-refractivity contribution in [3.8, 4) is 0 Å². The van der Waals surface area contributed by atoms with Gasteiger partial charge in [-0.2, -0.15) is 149 Å². The molecule has 0 aromatic rings. The number of aliphatic hydroxyl groups is 1. The van der Waals surface area contributed by atoms with Gasteiger partial charge in [-0.25, -0.2) is 4.79 Å². The molecular weight excluding hydrogens is 966 g/mol. The Hall–Kier alpha value is -3.48. The van der Waals surface area contributed by atoms with Crippen molar-refractivity contribution in [2.45, 2.75) is 108 Å². The van der Waals surface area contributed by atoms with Gasteiger partial charge in [0, 0.05) is 0 Å². The number of hydrogen-bond acceptors (Lipinski definition) is 5. The normalized spacial score (nSPS) is 16.9. The Kier molecular flexibility index (Phi) is 13.5. The van der Waals surface area contributed by atoms with Crippen molar-refractivity contribution in [3.63, 3.8) is 0 Å². The van der Waals surface area contributed by atoms with Crippen LogP contribution in [0.15, 0.2) is 0 Å². The Morgan fingerprint density at radius 3 is 0.729 bits per heavy atom. The van der Waals surface area contributed by atoms with Gasteiger partial charge >= 0.3 is 108 Å². The molecule has 39 heteroatoms. The number of esters is 2. The van der Waals surface area contributed by atoms with Crippen molar-refractivity contribution >= 4 is 11.9 Å². The summed E-state index contributed by atoms with van der Waals surface area (Å²) in [5.74, 6) is -117. The first-order valence-corrected chi connectivity index (χ1v) is 12.5. The molecule has 352 valence electrons. The van der Waals surface area contributed by atoms with Crippen LogP contribution >= 0.6 is 0 Å². The number of aliphatic hydroxyl groups excluding tert-OH is 1. The highest BCUT2D eigenvalue weighted by molar-refractivity contribution is 5.82. The molecule has 0 saturated carbocycles. The highest BCUT2D eigenvalue weighted by atomic mass is 19.4. The van der Waals surface area contributed by atoms with Gasteiger partial charge in [0.05, 0.1) is 6.42 Å². The average Bonchev–Trinajstić information content (AvgIpc) is 2.97. The second kappa shape index (κ2) is 14.3. The third-order valence-corrected chi connectivity index (χ3v) is 6.49. The summed E-state index contributed by atoms with van der Waals surface area (Å²) in [6.07, 6.45) is -41.1. The lowest BCUT2D eigenvalue weighted by Crippen LogP contribution is -2.74. The SMILES string of the molecule is O=C(CC(O)C(=O)OC(F)(F)C(F)(F)C(F)(F)C(F)(F)C(F)(F)C(F)(F)C(F)(F)C(F)(F)F)OC(F)(F)C(F)(F)C(F)(F)C(F)(F)C(F)(F)C(F)(F)C(F)(F)C(F)(F)F. The van der Waals surface area contributed by atoms with Gasteiger partial charge in [0.15, 0.2) is 6.10 Å². The van der Waals surface area contributed by atoms with Crippen molar-refractivity contribution in [3.05, 3.63) is 0 Å². The molecule has 0 aromatic heterocycles. The molecule has 59 heavy (non-hydrogen) atoms. The van der Waals surface area contributed by atoms with E-state index in [4.69, 9.17) is 5.11 Å². The first-order valence-electron chi connectivity index (χ1n) is 12.5. The Morgan fingerprint density at radius 2 is 0.508 bits per heavy atom. The molecule has 0 aliphatic heterocycles. The Balaban J connectivity index is 6.62. The molecule has 0 spiro atoms. The summed E-state index contributed by atoms with van der Waals surface area (Å²) in [6, 6.07) is 0. The molecule has 0 aromatic carbocycles. The number of alkyl halides is 34. The molecule has 0 aliphatic carbocycles. The molecule has 0 rings (SSSR count). The zero-order chi connectivity index (χ0) is 48.9. The zero-order valence-electron chi connectivity index (χ0n) is 25.2. The number of ether oxygens (including phenoxy) is 2. The molecule has 5 nitrogen and oxygen atoms in total. The van der Waals surface area contributed by atoms with Gasteiger partial charge in [-0.1, -0.05) is 0 Å². The topological polar surface area (TPSA) is 72.8 Å². The predicted octanol–water partition coefficient (Wildman–Crippen LogP) is 9.76. The molecule has 0 saturated heterocycles. The number of hydrogen-bond donors (Lipinski definition) is 1. The van der Waals surface area contributed by atoms with E-state index >= 15 is 0 Å². The van der Waals surface area contributed by atoms with Gasteiger partial charge in [0.1, 0.15) is 0 Å². The van der Waals surface area contributed by atoms with Gasteiger partial charge in [-0.3, -0.25) is 4.79 Å². The molecule has 0 heterocycles. The Morgan fingerprint density at radius 1 is 0.322 bits per heavy atom. The Labute approximate surface area is 295 Å². The van der Waals surface area contributed by atoms with Gasteiger partial charge in [-0.15, -0.1) is 0 Å². The lowest BCUT2D eigenvalue weighted by molar-refractivity contribution is -0.474. The molecule has 1 N–H and O–H groups in total. The third-order valence-electron chi connectivity index (χ3n) is 6.49. The minimum atomic E-state index is -9.34. The van der Waals surface area contributed by atoms with E-state index in [1.165, 1.54) is 0 Å². The summed E-state index contributed by atoms with van der Waals surface area (Å²) in [7, 11) is 0. The molecule has 0 bridgehead atoms. The van der Waals surface area contributed by atoms with E-state index in [1.807, 2.05) is 4.74 Å². The van der Waals surface area contributed by atoms with Gasteiger partial charge in [-0.05, 0) is 0 Å². The number of rotatable bonds is 17. The Bertz CT molecular complexity index is 1550. The van der Waals surface area contributed by atoms with E-state index in [0.717, 1.165) is 0 Å². The van der Waals surface area contributed by atoms with Gasteiger partial charge in [0.25, 0.3) is 0 Å². The van der Waals surface area contributed by atoms with E-state index in [0.29, 0.717) is 0 Å². The second-order valence-electron chi connectivity index (χ2n) is 10.5. The third kappa shape index (κ3) is 7.62. The highest BCUT2D eigenvalue weighted by Gasteiger charge is 2.97. The largest absolute Gasteiger partial charge is 0.473 e. The smallest absolute Gasteiger partial charge is 0.396 e.